The quantitative estimate of drug-likeness (QED) is 0.395. The minimum atomic E-state index is 0.248. The number of nitrogens with one attached hydrogen (secondary N) is 2. The van der Waals surface area contributed by atoms with Crippen LogP contribution in [0.5, 0.6) is 0 Å². The number of rotatable bonds is 8. The van der Waals surface area contributed by atoms with Gasteiger partial charge in [-0.25, -0.2) is 4.98 Å². The number of hydrogen-bond donors (Lipinski definition) is 2. The molecule has 0 aromatic carbocycles. The summed E-state index contributed by atoms with van der Waals surface area (Å²) < 4.78 is 11.6. The fourth-order valence-corrected chi connectivity index (χ4v) is 3.94. The lowest BCUT2D eigenvalue weighted by Gasteiger charge is -2.32. The van der Waals surface area contributed by atoms with Crippen LogP contribution in [0.4, 0.5) is 5.82 Å². The van der Waals surface area contributed by atoms with Gasteiger partial charge in [0.2, 0.25) is 0 Å². The van der Waals surface area contributed by atoms with Crippen LogP contribution in [0.1, 0.15) is 51.0 Å². The van der Waals surface area contributed by atoms with Crippen LogP contribution in [0.2, 0.25) is 0 Å². The summed E-state index contributed by atoms with van der Waals surface area (Å²) in [5, 5.41) is 6.77. The topological polar surface area (TPSA) is 71.0 Å². The Morgan fingerprint density at radius 2 is 2.17 bits per heavy atom. The van der Waals surface area contributed by atoms with Crippen LogP contribution in [-0.2, 0) is 16.0 Å². The van der Waals surface area contributed by atoms with E-state index in [1.54, 1.807) is 7.05 Å². The molecule has 0 amide bonds. The predicted molar refractivity (Wildman–Crippen MR) is 118 cm³/mol. The number of pyridine rings is 1. The molecule has 2 N–H and O–H groups in total. The van der Waals surface area contributed by atoms with E-state index in [0.717, 1.165) is 51.0 Å². The molecular formula is C22H37N5O2. The van der Waals surface area contributed by atoms with E-state index in [1.165, 1.54) is 37.7 Å². The van der Waals surface area contributed by atoms with Crippen molar-refractivity contribution in [1.29, 1.82) is 0 Å². The van der Waals surface area contributed by atoms with E-state index in [2.05, 4.69) is 38.5 Å². The lowest BCUT2D eigenvalue weighted by molar-refractivity contribution is 0.0277. The van der Waals surface area contributed by atoms with Crippen LogP contribution >= 0.6 is 0 Å². The van der Waals surface area contributed by atoms with Gasteiger partial charge in [-0.3, -0.25) is 4.99 Å². The SMILES string of the molecule is CN=C(NCCCOC1CCCCC1)NCc1ccnc(N2CCOC(C)C2)c1. The molecule has 162 valence electrons. The van der Waals surface area contributed by atoms with Gasteiger partial charge in [-0.1, -0.05) is 19.3 Å². The molecule has 1 atom stereocenters. The second kappa shape index (κ2) is 12.0. The Hall–Kier alpha value is -1.86. The minimum Gasteiger partial charge on any atom is -0.378 e. The zero-order valence-electron chi connectivity index (χ0n) is 18.0. The van der Waals surface area contributed by atoms with Crippen LogP contribution in [0.15, 0.2) is 23.3 Å². The molecule has 2 fully saturated rings. The normalized spacial score (nSPS) is 21.2. The smallest absolute Gasteiger partial charge is 0.191 e. The zero-order valence-corrected chi connectivity index (χ0v) is 18.0. The third-order valence-corrected chi connectivity index (χ3v) is 5.58. The molecule has 1 aromatic heterocycles. The number of ether oxygens (including phenoxy) is 2. The molecular weight excluding hydrogens is 366 g/mol. The molecule has 1 aromatic rings. The molecule has 0 spiro atoms. The molecule has 2 heterocycles. The van der Waals surface area contributed by atoms with E-state index in [9.17, 15) is 0 Å². The van der Waals surface area contributed by atoms with Crippen molar-refractivity contribution in [2.45, 2.75) is 64.2 Å². The van der Waals surface area contributed by atoms with Gasteiger partial charge in [0.1, 0.15) is 5.82 Å². The third-order valence-electron chi connectivity index (χ3n) is 5.58. The van der Waals surface area contributed by atoms with Gasteiger partial charge in [0.05, 0.1) is 18.8 Å². The van der Waals surface area contributed by atoms with Crippen molar-refractivity contribution in [3.05, 3.63) is 23.9 Å². The first-order chi connectivity index (χ1) is 14.2. The number of anilines is 1. The first-order valence-electron chi connectivity index (χ1n) is 11.1. The number of hydrogen-bond acceptors (Lipinski definition) is 5. The van der Waals surface area contributed by atoms with Crippen molar-refractivity contribution in [3.8, 4) is 0 Å². The van der Waals surface area contributed by atoms with Gasteiger partial charge in [0, 0.05) is 46.0 Å². The Morgan fingerprint density at radius 3 is 2.97 bits per heavy atom. The number of aliphatic imine (C=N–C) groups is 1. The second-order valence-electron chi connectivity index (χ2n) is 7.99. The maximum atomic E-state index is 5.99. The molecule has 1 saturated carbocycles. The molecule has 1 unspecified atom stereocenters. The van der Waals surface area contributed by atoms with Gasteiger partial charge in [-0.05, 0) is 43.9 Å². The Kier molecular flexibility index (Phi) is 9.02. The fourth-order valence-electron chi connectivity index (χ4n) is 3.94. The average molecular weight is 404 g/mol. The van der Waals surface area contributed by atoms with E-state index in [1.807, 2.05) is 12.3 Å². The van der Waals surface area contributed by atoms with Crippen molar-refractivity contribution >= 4 is 11.8 Å². The Balaban J connectivity index is 1.36. The van der Waals surface area contributed by atoms with E-state index < -0.39 is 0 Å². The Labute approximate surface area is 175 Å². The van der Waals surface area contributed by atoms with Gasteiger partial charge in [0.15, 0.2) is 5.96 Å². The standard InChI is InChI=1S/C22H37N5O2/c1-18-17-27(12-14-28-18)21-15-19(9-11-24-21)16-26-22(23-2)25-10-6-13-29-20-7-4-3-5-8-20/h9,11,15,18,20H,3-8,10,12-14,16-17H2,1-2H3,(H2,23,25,26). The minimum absolute atomic E-state index is 0.248. The monoisotopic (exact) mass is 403 g/mol. The Morgan fingerprint density at radius 1 is 1.31 bits per heavy atom. The van der Waals surface area contributed by atoms with Gasteiger partial charge in [0.25, 0.3) is 0 Å². The first kappa shape index (κ1) is 21.8. The molecule has 7 heteroatoms. The van der Waals surface area contributed by atoms with E-state index in [-0.39, 0.29) is 6.10 Å². The molecule has 29 heavy (non-hydrogen) atoms. The largest absolute Gasteiger partial charge is 0.378 e. The number of guanidine groups is 1. The molecule has 0 radical (unpaired) electrons. The second-order valence-corrected chi connectivity index (χ2v) is 7.99. The molecule has 1 aliphatic heterocycles. The summed E-state index contributed by atoms with van der Waals surface area (Å²) in [6, 6.07) is 4.20. The highest BCUT2D eigenvalue weighted by Crippen LogP contribution is 2.20. The van der Waals surface area contributed by atoms with Crippen LogP contribution in [0.25, 0.3) is 0 Å². The summed E-state index contributed by atoms with van der Waals surface area (Å²) in [5.41, 5.74) is 1.19. The lowest BCUT2D eigenvalue weighted by Crippen LogP contribution is -2.41. The molecule has 1 aliphatic carbocycles. The summed E-state index contributed by atoms with van der Waals surface area (Å²) in [6.45, 7) is 7.03. The van der Waals surface area contributed by atoms with E-state index in [4.69, 9.17) is 9.47 Å². The van der Waals surface area contributed by atoms with Crippen LogP contribution < -0.4 is 15.5 Å². The van der Waals surface area contributed by atoms with Crippen molar-refractivity contribution in [2.75, 3.05) is 44.8 Å². The molecule has 1 saturated heterocycles. The molecule has 2 aliphatic rings. The molecule has 0 bridgehead atoms. The van der Waals surface area contributed by atoms with Crippen molar-refractivity contribution < 1.29 is 9.47 Å². The lowest BCUT2D eigenvalue weighted by atomic mass is 9.98. The number of nitrogens with zero attached hydrogens (tertiary/aromatic N) is 3. The maximum Gasteiger partial charge on any atom is 0.191 e. The predicted octanol–water partition coefficient (Wildman–Crippen LogP) is 2.71. The highest BCUT2D eigenvalue weighted by molar-refractivity contribution is 5.79. The van der Waals surface area contributed by atoms with Crippen LogP contribution in [0, 0.1) is 0 Å². The maximum absolute atomic E-state index is 5.99. The zero-order chi connectivity index (χ0) is 20.3. The van der Waals surface area contributed by atoms with Gasteiger partial charge < -0.3 is 25.0 Å². The number of morpholine rings is 1. The van der Waals surface area contributed by atoms with Crippen molar-refractivity contribution in [1.82, 2.24) is 15.6 Å². The summed E-state index contributed by atoms with van der Waals surface area (Å²) in [4.78, 5) is 11.1. The third kappa shape index (κ3) is 7.48. The average Bonchev–Trinajstić information content (AvgIpc) is 2.76. The van der Waals surface area contributed by atoms with E-state index >= 15 is 0 Å². The summed E-state index contributed by atoms with van der Waals surface area (Å²) in [6.07, 6.45) is 10.1. The highest BCUT2D eigenvalue weighted by atomic mass is 16.5. The van der Waals surface area contributed by atoms with Crippen LogP contribution in [0.3, 0.4) is 0 Å². The first-order valence-corrected chi connectivity index (χ1v) is 11.1. The summed E-state index contributed by atoms with van der Waals surface area (Å²) in [5.74, 6) is 1.84. The Bertz CT molecular complexity index is 633. The van der Waals surface area contributed by atoms with Gasteiger partial charge in [-0.15, -0.1) is 0 Å². The number of aromatic nitrogens is 1. The summed E-state index contributed by atoms with van der Waals surface area (Å²) >= 11 is 0. The molecule has 3 rings (SSSR count). The molecule has 7 nitrogen and oxygen atoms in total. The summed E-state index contributed by atoms with van der Waals surface area (Å²) in [7, 11) is 1.81. The fraction of sp³-hybridized carbons (Fsp3) is 0.727. The van der Waals surface area contributed by atoms with E-state index in [0.29, 0.717) is 12.6 Å². The van der Waals surface area contributed by atoms with Crippen molar-refractivity contribution in [3.63, 3.8) is 0 Å². The van der Waals surface area contributed by atoms with Crippen LogP contribution in [-0.4, -0.2) is 63.0 Å². The van der Waals surface area contributed by atoms with Gasteiger partial charge in [-0.2, -0.15) is 0 Å². The van der Waals surface area contributed by atoms with Crippen molar-refractivity contribution in [2.24, 2.45) is 4.99 Å². The highest BCUT2D eigenvalue weighted by Gasteiger charge is 2.18. The van der Waals surface area contributed by atoms with Gasteiger partial charge >= 0.3 is 0 Å².